The van der Waals surface area contributed by atoms with E-state index in [-0.39, 0.29) is 42.5 Å². The summed E-state index contributed by atoms with van der Waals surface area (Å²) in [5.41, 5.74) is -0.996. The maximum Gasteiger partial charge on any atom is 0.522 e. The zero-order valence-electron chi connectivity index (χ0n) is 18.5. The normalized spacial score (nSPS) is 24.8. The molecule has 15 heteroatoms. The molecule has 0 unspecified atom stereocenters. The summed E-state index contributed by atoms with van der Waals surface area (Å²) in [4.78, 5) is 12.2. The molecule has 1 aliphatic heterocycles. The molecule has 8 nitrogen and oxygen atoms in total. The first-order valence-corrected chi connectivity index (χ1v) is 11.4. The van der Waals surface area contributed by atoms with Crippen LogP contribution < -0.4 is 15.4 Å². The van der Waals surface area contributed by atoms with Crippen molar-refractivity contribution >= 4 is 17.5 Å². The first kappa shape index (κ1) is 26.5. The van der Waals surface area contributed by atoms with Crippen molar-refractivity contribution in [1.29, 1.82) is 0 Å². The summed E-state index contributed by atoms with van der Waals surface area (Å²) < 4.78 is 89.9. The molecule has 1 saturated heterocycles. The van der Waals surface area contributed by atoms with Crippen molar-refractivity contribution in [3.8, 4) is 5.75 Å². The summed E-state index contributed by atoms with van der Waals surface area (Å²) >= 11 is 5.64. The van der Waals surface area contributed by atoms with Crippen LogP contribution in [0.3, 0.4) is 0 Å². The lowest BCUT2D eigenvalue weighted by Crippen LogP contribution is -2.48. The number of hydrogen-bond donors (Lipinski definition) is 2. The van der Waals surface area contributed by atoms with Gasteiger partial charge >= 0.3 is 12.5 Å². The molecule has 1 aromatic carbocycles. The number of piperidine rings is 1. The number of benzene rings is 1. The van der Waals surface area contributed by atoms with Crippen LogP contribution in [0.25, 0.3) is 0 Å². The van der Waals surface area contributed by atoms with Gasteiger partial charge in [-0.1, -0.05) is 11.6 Å². The number of aromatic nitrogens is 2. The van der Waals surface area contributed by atoms with Gasteiger partial charge in [0.05, 0.1) is 22.7 Å². The molecule has 2 atom stereocenters. The lowest BCUT2D eigenvalue weighted by Gasteiger charge is -2.33. The Bertz CT molecular complexity index is 1070. The Morgan fingerprint density at radius 3 is 2.47 bits per heavy atom. The highest BCUT2D eigenvalue weighted by Crippen LogP contribution is 2.41. The van der Waals surface area contributed by atoms with Crippen LogP contribution in [0.1, 0.15) is 55.0 Å². The van der Waals surface area contributed by atoms with E-state index < -0.39 is 41.7 Å². The molecular weight excluding hydrogens is 522 g/mol. The van der Waals surface area contributed by atoms with Gasteiger partial charge in [-0.15, -0.1) is 23.4 Å². The molecule has 1 aliphatic carbocycles. The number of alkyl halides is 6. The fourth-order valence-electron chi connectivity index (χ4n) is 4.03. The number of hydrogen-bond acceptors (Lipinski definition) is 7. The predicted octanol–water partition coefficient (Wildman–Crippen LogP) is 4.51. The van der Waals surface area contributed by atoms with Gasteiger partial charge in [0, 0.05) is 18.5 Å². The van der Waals surface area contributed by atoms with Gasteiger partial charge in [-0.25, -0.2) is 0 Å². The quantitative estimate of drug-likeness (QED) is 0.497. The Hall–Kier alpha value is -2.58. The molecule has 2 heterocycles. The number of nitrogens with zero attached hydrogens (tertiary/aromatic N) is 2. The average molecular weight is 543 g/mol. The van der Waals surface area contributed by atoms with Gasteiger partial charge in [0.25, 0.3) is 5.91 Å². The Morgan fingerprint density at radius 2 is 1.86 bits per heavy atom. The minimum Gasteiger partial charge on any atom is -0.484 e. The molecule has 2 fully saturated rings. The van der Waals surface area contributed by atoms with Crippen molar-refractivity contribution in [1.82, 2.24) is 20.8 Å². The summed E-state index contributed by atoms with van der Waals surface area (Å²) in [7, 11) is 0. The smallest absolute Gasteiger partial charge is 0.484 e. The minimum atomic E-state index is -4.67. The molecule has 2 N–H and O–H groups in total. The summed E-state index contributed by atoms with van der Waals surface area (Å²) in [6, 6.07) is 2.36. The highest BCUT2D eigenvalue weighted by atomic mass is 35.5. The van der Waals surface area contributed by atoms with Crippen LogP contribution in [-0.4, -0.2) is 47.8 Å². The van der Waals surface area contributed by atoms with Crippen molar-refractivity contribution in [2.45, 2.75) is 62.3 Å². The number of carbonyl (C=O) groups excluding carboxylic acids is 1. The van der Waals surface area contributed by atoms with E-state index in [9.17, 15) is 31.1 Å². The number of nitrogens with one attached hydrogen (secondary N) is 2. The largest absolute Gasteiger partial charge is 0.522 e. The second kappa shape index (κ2) is 10.4. The first-order chi connectivity index (χ1) is 16.9. The number of amides is 1. The van der Waals surface area contributed by atoms with Crippen LogP contribution >= 0.6 is 11.6 Å². The van der Waals surface area contributed by atoms with Crippen LogP contribution in [-0.2, 0) is 15.7 Å². The zero-order valence-corrected chi connectivity index (χ0v) is 19.2. The number of carbonyl (C=O) groups is 1. The van der Waals surface area contributed by atoms with E-state index in [2.05, 4.69) is 25.6 Å². The molecule has 1 amide bonds. The molecule has 1 aromatic heterocycles. The van der Waals surface area contributed by atoms with E-state index in [1.807, 2.05) is 0 Å². The lowest BCUT2D eigenvalue weighted by molar-refractivity contribution is -0.352. The van der Waals surface area contributed by atoms with E-state index in [1.54, 1.807) is 0 Å². The molecular formula is C21H21ClF6N4O4. The maximum absolute atomic E-state index is 12.8. The molecule has 0 bridgehead atoms. The first-order valence-electron chi connectivity index (χ1n) is 11.0. The molecule has 36 heavy (non-hydrogen) atoms. The van der Waals surface area contributed by atoms with E-state index >= 15 is 0 Å². The third-order valence-electron chi connectivity index (χ3n) is 5.89. The van der Waals surface area contributed by atoms with Crippen molar-refractivity contribution in [3.63, 3.8) is 0 Å². The highest BCUT2D eigenvalue weighted by Gasteiger charge is 2.43. The fourth-order valence-corrected chi connectivity index (χ4v) is 4.31. The zero-order chi connectivity index (χ0) is 26.1. The van der Waals surface area contributed by atoms with Crippen molar-refractivity contribution in [2.24, 2.45) is 0 Å². The molecule has 198 valence electrons. The molecule has 2 aliphatic rings. The number of ether oxygens (including phenoxy) is 2. The highest BCUT2D eigenvalue weighted by molar-refractivity contribution is 6.31. The van der Waals surface area contributed by atoms with Crippen molar-refractivity contribution in [2.75, 3.05) is 13.2 Å². The van der Waals surface area contributed by atoms with Gasteiger partial charge in [-0.2, -0.15) is 13.2 Å². The Morgan fingerprint density at radius 1 is 1.14 bits per heavy atom. The van der Waals surface area contributed by atoms with Crippen LogP contribution in [0, 0.1) is 0 Å². The molecule has 0 spiro atoms. The van der Waals surface area contributed by atoms with Gasteiger partial charge in [-0.05, 0) is 43.9 Å². The van der Waals surface area contributed by atoms with E-state index in [4.69, 9.17) is 20.8 Å². The molecule has 1 saturated carbocycles. The van der Waals surface area contributed by atoms with Gasteiger partial charge in [-0.3, -0.25) is 9.53 Å². The lowest BCUT2D eigenvalue weighted by atomic mass is 9.82. The van der Waals surface area contributed by atoms with Crippen LogP contribution in [0.2, 0.25) is 5.02 Å². The summed E-state index contributed by atoms with van der Waals surface area (Å²) in [5, 5.41) is 13.3. The molecule has 4 rings (SSSR count). The molecule has 0 radical (unpaired) electrons. The van der Waals surface area contributed by atoms with Gasteiger partial charge in [0.15, 0.2) is 6.61 Å². The minimum absolute atomic E-state index is 0.0277. The number of halogens is 7. The summed E-state index contributed by atoms with van der Waals surface area (Å²) in [6.07, 6.45) is -8.77. The average Bonchev–Trinajstić information content (AvgIpc) is 3.23. The summed E-state index contributed by atoms with van der Waals surface area (Å²) in [6.45, 7) is -0.0275. The topological polar surface area (TPSA) is 98.5 Å². The SMILES string of the molecule is O=C(COc1ccc(C(F)(F)F)c(Cl)c1)N[C@H]1CC[C@H](c2nnc(C3CC(OC(F)(F)F)C3)o2)NC1. The second-order valence-electron chi connectivity index (χ2n) is 8.56. The van der Waals surface area contributed by atoms with Gasteiger partial charge < -0.3 is 19.8 Å². The second-order valence-corrected chi connectivity index (χ2v) is 8.97. The monoisotopic (exact) mass is 542 g/mol. The third-order valence-corrected chi connectivity index (χ3v) is 6.21. The number of rotatable bonds is 7. The van der Waals surface area contributed by atoms with Gasteiger partial charge in [0.2, 0.25) is 11.8 Å². The Kier molecular flexibility index (Phi) is 7.67. The van der Waals surface area contributed by atoms with Crippen molar-refractivity contribution < 1.29 is 45.0 Å². The predicted molar refractivity (Wildman–Crippen MR) is 111 cm³/mol. The van der Waals surface area contributed by atoms with Crippen LogP contribution in [0.15, 0.2) is 22.6 Å². The van der Waals surface area contributed by atoms with E-state index in [0.717, 1.165) is 18.2 Å². The van der Waals surface area contributed by atoms with Crippen LogP contribution in [0.4, 0.5) is 26.3 Å². The van der Waals surface area contributed by atoms with Crippen LogP contribution in [0.5, 0.6) is 5.75 Å². The maximum atomic E-state index is 12.8. The Balaban J connectivity index is 1.18. The van der Waals surface area contributed by atoms with Crippen molar-refractivity contribution in [3.05, 3.63) is 40.6 Å². The van der Waals surface area contributed by atoms with E-state index in [1.165, 1.54) is 0 Å². The van der Waals surface area contributed by atoms with E-state index in [0.29, 0.717) is 25.3 Å². The molecule has 2 aromatic rings. The third kappa shape index (κ3) is 6.79. The summed E-state index contributed by atoms with van der Waals surface area (Å²) in [5.74, 6) is -0.132. The van der Waals surface area contributed by atoms with Gasteiger partial charge in [0.1, 0.15) is 5.75 Å². The fraction of sp³-hybridized carbons (Fsp3) is 0.571. The standard InChI is InChI=1S/C21H21ClF6N4O4/c22-15-7-12(2-3-14(15)20(23,24)25)34-9-17(33)30-11-1-4-16(29-8-11)19-32-31-18(35-19)10-5-13(6-10)36-21(26,27)28/h2-3,7,10-11,13,16,29H,1,4-6,8-9H2,(H,30,33)/t10?,11-,13?,16+/m0/s1. The Labute approximate surface area is 205 Å².